The molecule has 0 amide bonds. The van der Waals surface area contributed by atoms with E-state index in [2.05, 4.69) is 0 Å². The van der Waals surface area contributed by atoms with Gasteiger partial charge in [-0.1, -0.05) is 23.8 Å². The number of carbonyl (C=O) groups excluding carboxylic acids is 1. The molecule has 0 N–H and O–H groups in total. The molecule has 0 atom stereocenters. The number of ether oxygens (including phenoxy) is 1. The minimum atomic E-state index is -0.810. The number of hydrogen-bond donors (Lipinski definition) is 0. The zero-order valence-corrected chi connectivity index (χ0v) is 12.3. The molecule has 3 rings (SSSR count). The van der Waals surface area contributed by atoms with Crippen molar-refractivity contribution in [3.05, 3.63) is 75.6 Å². The van der Waals surface area contributed by atoms with E-state index in [-0.39, 0.29) is 5.56 Å². The summed E-state index contributed by atoms with van der Waals surface area (Å²) in [6.45, 7) is 1.27. The molecule has 0 bridgehead atoms. The molecule has 0 fully saturated rings. The quantitative estimate of drug-likeness (QED) is 0.419. The first kappa shape index (κ1) is 15.0. The van der Waals surface area contributed by atoms with Crippen molar-refractivity contribution >= 4 is 16.9 Å². The van der Waals surface area contributed by atoms with Gasteiger partial charge in [-0.15, -0.1) is 0 Å². The number of halogens is 1. The Labute approximate surface area is 131 Å². The van der Waals surface area contributed by atoms with E-state index in [4.69, 9.17) is 9.15 Å². The Bertz CT molecular complexity index is 926. The van der Waals surface area contributed by atoms with Crippen LogP contribution in [-0.2, 0) is 6.67 Å². The maximum atomic E-state index is 12.7. The summed E-state index contributed by atoms with van der Waals surface area (Å²) < 4.78 is 23.0. The molecule has 116 valence electrons. The Morgan fingerprint density at radius 3 is 2.57 bits per heavy atom. The number of benzene rings is 2. The molecule has 4 nitrogen and oxygen atoms in total. The van der Waals surface area contributed by atoms with E-state index in [0.29, 0.717) is 22.3 Å². The largest absolute Gasteiger partial charge is 0.423 e. The molecule has 2 aromatic carbocycles. The lowest BCUT2D eigenvalue weighted by molar-refractivity contribution is 0.0730. The Hall–Kier alpha value is -2.95. The van der Waals surface area contributed by atoms with E-state index in [0.717, 1.165) is 5.56 Å². The predicted molar refractivity (Wildman–Crippen MR) is 83.4 cm³/mol. The van der Waals surface area contributed by atoms with Crippen molar-refractivity contribution in [2.24, 2.45) is 0 Å². The lowest BCUT2D eigenvalue weighted by Gasteiger charge is -2.05. The zero-order chi connectivity index (χ0) is 16.4. The van der Waals surface area contributed by atoms with Crippen molar-refractivity contribution in [2.75, 3.05) is 0 Å². The maximum Gasteiger partial charge on any atom is 0.351 e. The molecule has 1 aromatic heterocycles. The number of rotatable bonds is 3. The summed E-state index contributed by atoms with van der Waals surface area (Å²) in [5.74, 6) is -0.479. The van der Waals surface area contributed by atoms with Gasteiger partial charge in [0.05, 0.1) is 0 Å². The lowest BCUT2D eigenvalue weighted by atomic mass is 10.1. The van der Waals surface area contributed by atoms with Crippen LogP contribution < -0.4 is 10.4 Å². The molecule has 0 spiro atoms. The van der Waals surface area contributed by atoms with Crippen LogP contribution in [0.25, 0.3) is 11.0 Å². The van der Waals surface area contributed by atoms with Gasteiger partial charge in [-0.3, -0.25) is 0 Å². The van der Waals surface area contributed by atoms with E-state index >= 15 is 0 Å². The second-order valence-electron chi connectivity index (χ2n) is 5.16. The highest BCUT2D eigenvalue weighted by Gasteiger charge is 2.16. The highest BCUT2D eigenvalue weighted by molar-refractivity contribution is 5.94. The van der Waals surface area contributed by atoms with Gasteiger partial charge in [0.1, 0.15) is 23.6 Å². The molecule has 0 radical (unpaired) electrons. The first-order valence-electron chi connectivity index (χ1n) is 6.98. The van der Waals surface area contributed by atoms with Crippen molar-refractivity contribution in [2.45, 2.75) is 13.6 Å². The van der Waals surface area contributed by atoms with Crippen molar-refractivity contribution < 1.29 is 18.3 Å². The summed E-state index contributed by atoms with van der Waals surface area (Å²) in [4.78, 5) is 24.1. The van der Waals surface area contributed by atoms with Crippen LogP contribution in [0.1, 0.15) is 21.5 Å². The first-order chi connectivity index (χ1) is 11.1. The first-order valence-corrected chi connectivity index (χ1v) is 6.98. The van der Waals surface area contributed by atoms with Gasteiger partial charge in [-0.05, 0) is 42.8 Å². The molecule has 3 aromatic rings. The summed E-state index contributed by atoms with van der Waals surface area (Å²) in [6, 6.07) is 12.8. The average molecular weight is 312 g/mol. The summed E-state index contributed by atoms with van der Waals surface area (Å²) in [7, 11) is 0. The highest BCUT2D eigenvalue weighted by atomic mass is 19.1. The van der Waals surface area contributed by atoms with Gasteiger partial charge in [-0.2, -0.15) is 0 Å². The SMILES string of the molecule is Cc1ccc(OC(=O)c2cc3cc(CF)ccc3oc2=O)cc1. The lowest BCUT2D eigenvalue weighted by Crippen LogP contribution is -2.18. The molecule has 0 saturated heterocycles. The molecular formula is C18H13FO4. The third-order valence-corrected chi connectivity index (χ3v) is 3.40. The van der Waals surface area contributed by atoms with Crippen LogP contribution in [0.2, 0.25) is 0 Å². The maximum absolute atomic E-state index is 12.7. The average Bonchev–Trinajstić information content (AvgIpc) is 2.55. The van der Waals surface area contributed by atoms with E-state index in [1.807, 2.05) is 6.92 Å². The van der Waals surface area contributed by atoms with Gasteiger partial charge in [0.2, 0.25) is 0 Å². The van der Waals surface area contributed by atoms with Gasteiger partial charge in [0.25, 0.3) is 0 Å². The Balaban J connectivity index is 1.97. The van der Waals surface area contributed by atoms with Crippen LogP contribution >= 0.6 is 0 Å². The molecule has 0 unspecified atom stereocenters. The third kappa shape index (κ3) is 3.13. The summed E-state index contributed by atoms with van der Waals surface area (Å²) in [6.07, 6.45) is 0. The van der Waals surface area contributed by atoms with Crippen LogP contribution in [0.15, 0.2) is 57.7 Å². The molecule has 0 aliphatic heterocycles. The van der Waals surface area contributed by atoms with E-state index < -0.39 is 18.3 Å². The number of carbonyl (C=O) groups is 1. The molecule has 5 heteroatoms. The molecule has 0 saturated carbocycles. The second kappa shape index (κ2) is 6.04. The monoisotopic (exact) mass is 312 g/mol. The number of alkyl halides is 1. The summed E-state index contributed by atoms with van der Waals surface area (Å²) in [5.41, 5.74) is 0.730. The van der Waals surface area contributed by atoms with Crippen molar-refractivity contribution in [3.63, 3.8) is 0 Å². The van der Waals surface area contributed by atoms with E-state index in [1.54, 1.807) is 24.3 Å². The third-order valence-electron chi connectivity index (χ3n) is 3.40. The number of aryl methyl sites for hydroxylation is 1. The minimum absolute atomic E-state index is 0.228. The number of hydrogen-bond acceptors (Lipinski definition) is 4. The van der Waals surface area contributed by atoms with E-state index in [9.17, 15) is 14.0 Å². The van der Waals surface area contributed by atoms with E-state index in [1.165, 1.54) is 24.3 Å². The van der Waals surface area contributed by atoms with Crippen molar-refractivity contribution in [1.82, 2.24) is 0 Å². The molecule has 1 heterocycles. The molecule has 23 heavy (non-hydrogen) atoms. The minimum Gasteiger partial charge on any atom is -0.423 e. The smallest absolute Gasteiger partial charge is 0.351 e. The number of fused-ring (bicyclic) bond motifs is 1. The van der Waals surface area contributed by atoms with Gasteiger partial charge < -0.3 is 9.15 Å². The fourth-order valence-electron chi connectivity index (χ4n) is 2.17. The van der Waals surface area contributed by atoms with Crippen LogP contribution in [0.4, 0.5) is 4.39 Å². The Kier molecular flexibility index (Phi) is 3.93. The number of esters is 1. The second-order valence-corrected chi connectivity index (χ2v) is 5.16. The van der Waals surface area contributed by atoms with Gasteiger partial charge in [0.15, 0.2) is 0 Å². The topological polar surface area (TPSA) is 56.5 Å². The zero-order valence-electron chi connectivity index (χ0n) is 12.3. The standard InChI is InChI=1S/C18H13FO4/c1-11-2-5-14(6-3-11)22-17(20)15-9-13-8-12(10-19)4-7-16(13)23-18(15)21/h2-9H,10H2,1H3. The fraction of sp³-hybridized carbons (Fsp3) is 0.111. The molecular weight excluding hydrogens is 299 g/mol. The van der Waals surface area contributed by atoms with Crippen LogP contribution in [0.5, 0.6) is 5.75 Å². The Morgan fingerprint density at radius 2 is 1.87 bits per heavy atom. The van der Waals surface area contributed by atoms with Crippen molar-refractivity contribution in [1.29, 1.82) is 0 Å². The van der Waals surface area contributed by atoms with Crippen LogP contribution in [0, 0.1) is 6.92 Å². The summed E-state index contributed by atoms with van der Waals surface area (Å²) >= 11 is 0. The summed E-state index contributed by atoms with van der Waals surface area (Å²) in [5, 5.41) is 0.468. The Morgan fingerprint density at radius 1 is 1.13 bits per heavy atom. The van der Waals surface area contributed by atoms with Gasteiger partial charge >= 0.3 is 11.6 Å². The molecule has 0 aliphatic rings. The van der Waals surface area contributed by atoms with Gasteiger partial charge in [-0.25, -0.2) is 14.0 Å². The van der Waals surface area contributed by atoms with Crippen molar-refractivity contribution in [3.8, 4) is 5.75 Å². The fourth-order valence-corrected chi connectivity index (χ4v) is 2.17. The predicted octanol–water partition coefficient (Wildman–Crippen LogP) is 3.79. The van der Waals surface area contributed by atoms with Crippen LogP contribution in [0.3, 0.4) is 0 Å². The van der Waals surface area contributed by atoms with Crippen LogP contribution in [-0.4, -0.2) is 5.97 Å². The highest BCUT2D eigenvalue weighted by Crippen LogP contribution is 2.18. The molecule has 0 aliphatic carbocycles. The normalized spacial score (nSPS) is 10.7. The van der Waals surface area contributed by atoms with Gasteiger partial charge in [0, 0.05) is 5.39 Å².